The molecule has 0 N–H and O–H groups in total. The highest BCUT2D eigenvalue weighted by Crippen LogP contribution is 2.26. The lowest BCUT2D eigenvalue weighted by Crippen LogP contribution is -2.33. The number of nitrogens with zero attached hydrogens (tertiary/aromatic N) is 3. The van der Waals surface area contributed by atoms with Gasteiger partial charge in [-0.05, 0) is 43.9 Å². The Kier molecular flexibility index (Phi) is 4.62. The summed E-state index contributed by atoms with van der Waals surface area (Å²) in [5, 5.41) is 0. The number of hydrogen-bond donors (Lipinski definition) is 0. The van der Waals surface area contributed by atoms with Gasteiger partial charge >= 0.3 is 4.87 Å². The van der Waals surface area contributed by atoms with E-state index in [-0.39, 0.29) is 22.2 Å². The fraction of sp³-hybridized carbons (Fsp3) is 0.529. The minimum atomic E-state index is -3.52. The Morgan fingerprint density at radius 3 is 2.38 bits per heavy atom. The van der Waals surface area contributed by atoms with Gasteiger partial charge in [-0.25, -0.2) is 8.42 Å². The van der Waals surface area contributed by atoms with E-state index in [1.54, 1.807) is 23.1 Å². The maximum Gasteiger partial charge on any atom is 0.308 e. The summed E-state index contributed by atoms with van der Waals surface area (Å²) in [4.78, 5) is 26.5. The van der Waals surface area contributed by atoms with Gasteiger partial charge in [0.1, 0.15) is 6.54 Å². The normalized spacial score (nSPS) is 18.8. The zero-order valence-electron chi connectivity index (χ0n) is 14.4. The van der Waals surface area contributed by atoms with Crippen molar-refractivity contribution in [1.29, 1.82) is 0 Å². The van der Waals surface area contributed by atoms with Gasteiger partial charge in [0.15, 0.2) is 0 Å². The van der Waals surface area contributed by atoms with E-state index in [1.165, 1.54) is 8.87 Å². The molecular formula is C17H21N3O4S2. The smallest absolute Gasteiger partial charge is 0.308 e. The van der Waals surface area contributed by atoms with Crippen molar-refractivity contribution in [2.75, 3.05) is 26.2 Å². The van der Waals surface area contributed by atoms with E-state index in [9.17, 15) is 18.0 Å². The van der Waals surface area contributed by atoms with Gasteiger partial charge in [-0.1, -0.05) is 11.3 Å². The standard InChI is InChI=1S/C17H21N3O4S2/c21-16(18-7-1-2-8-18)12-20-14-6-5-13(11-15(14)25-17(20)22)26(23,24)19-9-3-4-10-19/h5-6,11H,1-4,7-10,12H2. The molecule has 7 nitrogen and oxygen atoms in total. The number of amides is 1. The summed E-state index contributed by atoms with van der Waals surface area (Å²) in [7, 11) is -3.52. The summed E-state index contributed by atoms with van der Waals surface area (Å²) in [6, 6.07) is 4.75. The summed E-state index contributed by atoms with van der Waals surface area (Å²) >= 11 is 0.990. The molecule has 0 spiro atoms. The lowest BCUT2D eigenvalue weighted by molar-refractivity contribution is -0.130. The van der Waals surface area contributed by atoms with Crippen LogP contribution in [0.2, 0.25) is 0 Å². The van der Waals surface area contributed by atoms with Crippen molar-refractivity contribution >= 4 is 37.5 Å². The van der Waals surface area contributed by atoms with E-state index < -0.39 is 10.0 Å². The quantitative estimate of drug-likeness (QED) is 0.785. The first-order chi connectivity index (χ1) is 12.5. The predicted molar refractivity (Wildman–Crippen MR) is 99.9 cm³/mol. The first-order valence-corrected chi connectivity index (χ1v) is 11.1. The summed E-state index contributed by atoms with van der Waals surface area (Å²) in [5.41, 5.74) is 0.618. The Morgan fingerprint density at radius 1 is 1.04 bits per heavy atom. The van der Waals surface area contributed by atoms with E-state index in [2.05, 4.69) is 0 Å². The van der Waals surface area contributed by atoms with Crippen molar-refractivity contribution < 1.29 is 13.2 Å². The largest absolute Gasteiger partial charge is 0.341 e. The van der Waals surface area contributed by atoms with Gasteiger partial charge in [0, 0.05) is 26.2 Å². The van der Waals surface area contributed by atoms with E-state index in [0.717, 1.165) is 50.1 Å². The van der Waals surface area contributed by atoms with Crippen LogP contribution in [-0.4, -0.2) is 54.3 Å². The third-order valence-electron chi connectivity index (χ3n) is 5.09. The van der Waals surface area contributed by atoms with Gasteiger partial charge < -0.3 is 4.90 Å². The molecule has 0 aliphatic carbocycles. The Morgan fingerprint density at radius 2 is 1.69 bits per heavy atom. The molecule has 2 aliphatic rings. The first-order valence-electron chi connectivity index (χ1n) is 8.88. The first kappa shape index (κ1) is 17.7. The van der Waals surface area contributed by atoms with Crippen molar-refractivity contribution in [3.05, 3.63) is 27.9 Å². The summed E-state index contributed by atoms with van der Waals surface area (Å²) in [6.07, 6.45) is 3.76. The van der Waals surface area contributed by atoms with Crippen LogP contribution in [0.1, 0.15) is 25.7 Å². The SMILES string of the molecule is O=C(Cn1c(=O)sc2cc(S(=O)(=O)N3CCCC3)ccc21)N1CCCC1. The minimum Gasteiger partial charge on any atom is -0.341 e. The molecule has 1 amide bonds. The fourth-order valence-corrected chi connectivity index (χ4v) is 6.18. The summed E-state index contributed by atoms with van der Waals surface area (Å²) in [6.45, 7) is 2.59. The van der Waals surface area contributed by atoms with Crippen molar-refractivity contribution in [2.45, 2.75) is 37.1 Å². The second-order valence-corrected chi connectivity index (χ2v) is 9.71. The number of sulfonamides is 1. The van der Waals surface area contributed by atoms with Gasteiger partial charge in [-0.15, -0.1) is 0 Å². The molecule has 0 unspecified atom stereocenters. The van der Waals surface area contributed by atoms with Crippen LogP contribution in [-0.2, 0) is 21.4 Å². The molecule has 26 heavy (non-hydrogen) atoms. The molecule has 2 saturated heterocycles. The van der Waals surface area contributed by atoms with E-state index in [0.29, 0.717) is 23.3 Å². The van der Waals surface area contributed by atoms with E-state index in [1.807, 2.05) is 0 Å². The number of aromatic nitrogens is 1. The Hall–Kier alpha value is -1.71. The van der Waals surface area contributed by atoms with Crippen LogP contribution in [0.4, 0.5) is 0 Å². The van der Waals surface area contributed by atoms with Gasteiger partial charge in [0.25, 0.3) is 0 Å². The Bertz CT molecular complexity index is 997. The molecule has 9 heteroatoms. The number of hydrogen-bond acceptors (Lipinski definition) is 5. The predicted octanol–water partition coefficient (Wildman–Crippen LogP) is 1.47. The molecule has 140 valence electrons. The van der Waals surface area contributed by atoms with Crippen LogP contribution < -0.4 is 4.87 Å². The highest BCUT2D eigenvalue weighted by atomic mass is 32.2. The molecule has 2 fully saturated rings. The number of likely N-dealkylation sites (tertiary alicyclic amines) is 1. The Balaban J connectivity index is 1.66. The number of carbonyl (C=O) groups is 1. The van der Waals surface area contributed by atoms with Crippen molar-refractivity contribution in [1.82, 2.24) is 13.8 Å². The third-order valence-corrected chi connectivity index (χ3v) is 7.93. The molecule has 0 saturated carbocycles. The lowest BCUT2D eigenvalue weighted by atomic mass is 10.3. The molecule has 2 aliphatic heterocycles. The number of rotatable bonds is 4. The molecule has 1 aromatic heterocycles. The molecular weight excluding hydrogens is 374 g/mol. The summed E-state index contributed by atoms with van der Waals surface area (Å²) in [5.74, 6) is -0.0573. The highest BCUT2D eigenvalue weighted by Gasteiger charge is 2.28. The summed E-state index contributed by atoms with van der Waals surface area (Å²) < 4.78 is 29.0. The third kappa shape index (κ3) is 3.08. The molecule has 2 aromatic rings. The average molecular weight is 396 g/mol. The van der Waals surface area contributed by atoms with Crippen molar-refractivity contribution in [2.24, 2.45) is 0 Å². The maximum absolute atomic E-state index is 12.7. The van der Waals surface area contributed by atoms with Crippen LogP contribution in [0.25, 0.3) is 10.2 Å². The molecule has 0 atom stereocenters. The minimum absolute atomic E-state index is 0.0110. The Labute approximate surface area is 155 Å². The molecule has 0 radical (unpaired) electrons. The lowest BCUT2D eigenvalue weighted by Gasteiger charge is -2.16. The van der Waals surface area contributed by atoms with Gasteiger partial charge in [0.05, 0.1) is 15.1 Å². The van der Waals surface area contributed by atoms with Gasteiger partial charge in [0.2, 0.25) is 15.9 Å². The van der Waals surface area contributed by atoms with Gasteiger partial charge in [-0.2, -0.15) is 4.31 Å². The van der Waals surface area contributed by atoms with Crippen LogP contribution in [0.15, 0.2) is 27.9 Å². The number of carbonyl (C=O) groups excluding carboxylic acids is 1. The molecule has 3 heterocycles. The van der Waals surface area contributed by atoms with Crippen LogP contribution >= 0.6 is 11.3 Å². The second-order valence-electron chi connectivity index (χ2n) is 6.78. The molecule has 4 rings (SSSR count). The molecule has 0 bridgehead atoms. The number of thiazole rings is 1. The van der Waals surface area contributed by atoms with Gasteiger partial charge in [-0.3, -0.25) is 14.2 Å². The fourth-order valence-electron chi connectivity index (χ4n) is 3.64. The number of benzene rings is 1. The average Bonchev–Trinajstić information content (AvgIpc) is 3.36. The zero-order chi connectivity index (χ0) is 18.3. The van der Waals surface area contributed by atoms with Crippen molar-refractivity contribution in [3.63, 3.8) is 0 Å². The van der Waals surface area contributed by atoms with Crippen LogP contribution in [0, 0.1) is 0 Å². The highest BCUT2D eigenvalue weighted by molar-refractivity contribution is 7.89. The second kappa shape index (κ2) is 6.79. The number of fused-ring (bicyclic) bond motifs is 1. The van der Waals surface area contributed by atoms with Crippen LogP contribution in [0.5, 0.6) is 0 Å². The molecule has 1 aromatic carbocycles. The topological polar surface area (TPSA) is 79.7 Å². The maximum atomic E-state index is 12.7. The van der Waals surface area contributed by atoms with Crippen molar-refractivity contribution in [3.8, 4) is 0 Å². The zero-order valence-corrected chi connectivity index (χ0v) is 16.0. The van der Waals surface area contributed by atoms with E-state index in [4.69, 9.17) is 0 Å². The van der Waals surface area contributed by atoms with E-state index >= 15 is 0 Å². The monoisotopic (exact) mass is 395 g/mol. The van der Waals surface area contributed by atoms with Crippen LogP contribution in [0.3, 0.4) is 0 Å².